The molecular formula is C14H17NO5S. The molecule has 21 heavy (non-hydrogen) atoms. The number of hydrogen-bond acceptors (Lipinski definition) is 6. The molecule has 0 spiro atoms. The summed E-state index contributed by atoms with van der Waals surface area (Å²) < 4.78 is 28.6. The molecule has 6 nitrogen and oxygen atoms in total. The van der Waals surface area contributed by atoms with Crippen LogP contribution in [0.5, 0.6) is 5.75 Å². The highest BCUT2D eigenvalue weighted by Gasteiger charge is 2.38. The van der Waals surface area contributed by atoms with Gasteiger partial charge in [0.15, 0.2) is 9.84 Å². The number of rotatable bonds is 2. The first kappa shape index (κ1) is 14.3. The molecule has 2 aliphatic rings. The molecule has 0 radical (unpaired) electrons. The summed E-state index contributed by atoms with van der Waals surface area (Å²) in [6.45, 7) is 0. The van der Waals surface area contributed by atoms with Gasteiger partial charge in [0, 0.05) is 5.56 Å². The van der Waals surface area contributed by atoms with Crippen molar-refractivity contribution in [2.45, 2.75) is 31.5 Å². The van der Waals surface area contributed by atoms with Crippen LogP contribution in [0.3, 0.4) is 0 Å². The van der Waals surface area contributed by atoms with Crippen LogP contribution in [0, 0.1) is 0 Å². The Balaban J connectivity index is 1.84. The van der Waals surface area contributed by atoms with E-state index >= 15 is 0 Å². The van der Waals surface area contributed by atoms with Crippen molar-refractivity contribution in [3.8, 4) is 5.75 Å². The van der Waals surface area contributed by atoms with Crippen LogP contribution in [0.2, 0.25) is 0 Å². The Morgan fingerprint density at radius 1 is 1.24 bits per heavy atom. The van der Waals surface area contributed by atoms with Gasteiger partial charge in [-0.15, -0.1) is 0 Å². The van der Waals surface area contributed by atoms with Crippen molar-refractivity contribution in [1.82, 2.24) is 0 Å². The second-order valence-electron chi connectivity index (χ2n) is 5.52. The number of aliphatic hydroxyl groups excluding tert-OH is 1. The largest absolute Gasteiger partial charge is 0.487 e. The summed E-state index contributed by atoms with van der Waals surface area (Å²) in [4.78, 5) is 0. The Hall–Kier alpha value is -1.60. The van der Waals surface area contributed by atoms with Gasteiger partial charge in [-0.25, -0.2) is 8.42 Å². The maximum atomic E-state index is 11.5. The van der Waals surface area contributed by atoms with Crippen molar-refractivity contribution in [1.29, 1.82) is 0 Å². The van der Waals surface area contributed by atoms with E-state index in [1.165, 1.54) is 0 Å². The normalized spacial score (nSPS) is 29.3. The maximum absolute atomic E-state index is 11.5. The lowest BCUT2D eigenvalue weighted by Crippen LogP contribution is -2.29. The first-order valence-electron chi connectivity index (χ1n) is 6.88. The number of aryl methyl sites for hydroxylation is 1. The fourth-order valence-corrected chi connectivity index (χ4v) is 4.55. The molecule has 1 fully saturated rings. The van der Waals surface area contributed by atoms with Crippen LogP contribution in [0.1, 0.15) is 24.0 Å². The van der Waals surface area contributed by atoms with Crippen molar-refractivity contribution in [3.63, 3.8) is 0 Å². The van der Waals surface area contributed by atoms with Crippen LogP contribution < -0.4 is 4.74 Å². The topological polar surface area (TPSA) is 96.2 Å². The fourth-order valence-electron chi connectivity index (χ4n) is 2.88. The number of ether oxygens (including phenoxy) is 1. The monoisotopic (exact) mass is 311 g/mol. The molecule has 3 rings (SSSR count). The molecule has 0 aromatic heterocycles. The van der Waals surface area contributed by atoms with E-state index in [1.54, 1.807) is 12.1 Å². The van der Waals surface area contributed by atoms with Gasteiger partial charge in [0.1, 0.15) is 18.0 Å². The molecule has 7 heteroatoms. The van der Waals surface area contributed by atoms with Gasteiger partial charge in [-0.1, -0.05) is 11.2 Å². The van der Waals surface area contributed by atoms with E-state index in [-0.39, 0.29) is 11.5 Å². The molecule has 1 heterocycles. The zero-order chi connectivity index (χ0) is 15.0. The predicted octanol–water partition coefficient (Wildman–Crippen LogP) is 0.738. The highest BCUT2D eigenvalue weighted by molar-refractivity contribution is 7.91. The minimum atomic E-state index is -3.24. The molecule has 2 N–H and O–H groups in total. The molecule has 1 aromatic carbocycles. The number of benzene rings is 1. The first-order chi connectivity index (χ1) is 9.98. The van der Waals surface area contributed by atoms with E-state index in [9.17, 15) is 13.5 Å². The lowest BCUT2D eigenvalue weighted by atomic mass is 9.90. The molecule has 0 amide bonds. The van der Waals surface area contributed by atoms with Crippen LogP contribution >= 0.6 is 0 Å². The van der Waals surface area contributed by atoms with E-state index in [0.717, 1.165) is 24.0 Å². The van der Waals surface area contributed by atoms with Gasteiger partial charge >= 0.3 is 0 Å². The van der Waals surface area contributed by atoms with Gasteiger partial charge < -0.3 is 15.1 Å². The van der Waals surface area contributed by atoms with Crippen molar-refractivity contribution in [3.05, 3.63) is 29.3 Å². The minimum Gasteiger partial charge on any atom is -0.487 e. The third kappa shape index (κ3) is 2.89. The molecule has 1 aliphatic carbocycles. The van der Waals surface area contributed by atoms with Crippen molar-refractivity contribution in [2.75, 3.05) is 11.5 Å². The lowest BCUT2D eigenvalue weighted by molar-refractivity contribution is 0.0738. The van der Waals surface area contributed by atoms with Gasteiger partial charge in [-0.05, 0) is 37.0 Å². The number of nitrogens with zero attached hydrogens (tertiary/aromatic N) is 1. The molecule has 2 unspecified atom stereocenters. The highest BCUT2D eigenvalue weighted by atomic mass is 32.2. The zero-order valence-corrected chi connectivity index (χ0v) is 12.2. The second kappa shape index (κ2) is 5.31. The van der Waals surface area contributed by atoms with Crippen LogP contribution in [-0.4, -0.2) is 48.2 Å². The summed E-state index contributed by atoms with van der Waals surface area (Å²) in [6.07, 6.45) is 0.803. The van der Waals surface area contributed by atoms with E-state index < -0.39 is 22.0 Å². The van der Waals surface area contributed by atoms with Crippen LogP contribution in [-0.2, 0) is 16.3 Å². The number of aliphatic hydroxyl groups is 1. The number of hydrogen-bond donors (Lipinski definition) is 2. The first-order valence-corrected chi connectivity index (χ1v) is 8.70. The molecule has 0 bridgehead atoms. The van der Waals surface area contributed by atoms with Gasteiger partial charge in [0.25, 0.3) is 0 Å². The molecule has 1 aliphatic heterocycles. The van der Waals surface area contributed by atoms with E-state index in [2.05, 4.69) is 5.16 Å². The Morgan fingerprint density at radius 3 is 2.71 bits per heavy atom. The number of sulfone groups is 1. The summed E-state index contributed by atoms with van der Waals surface area (Å²) in [5.41, 5.74) is 2.53. The van der Waals surface area contributed by atoms with Gasteiger partial charge in [0.2, 0.25) is 0 Å². The minimum absolute atomic E-state index is 0.174. The predicted molar refractivity (Wildman–Crippen MR) is 76.8 cm³/mol. The zero-order valence-electron chi connectivity index (χ0n) is 11.4. The molecule has 1 aromatic rings. The Labute approximate surface area is 123 Å². The maximum Gasteiger partial charge on any atom is 0.156 e. The van der Waals surface area contributed by atoms with Gasteiger partial charge in [0.05, 0.1) is 17.2 Å². The average molecular weight is 311 g/mol. The van der Waals surface area contributed by atoms with Crippen LogP contribution in [0.25, 0.3) is 0 Å². The van der Waals surface area contributed by atoms with Crippen molar-refractivity contribution in [2.24, 2.45) is 5.16 Å². The van der Waals surface area contributed by atoms with Crippen molar-refractivity contribution >= 4 is 15.5 Å². The smallest absolute Gasteiger partial charge is 0.156 e. The third-order valence-electron chi connectivity index (χ3n) is 3.93. The van der Waals surface area contributed by atoms with Crippen LogP contribution in [0.4, 0.5) is 0 Å². The summed E-state index contributed by atoms with van der Waals surface area (Å²) in [7, 11) is -3.24. The second-order valence-corrected chi connectivity index (χ2v) is 7.67. The third-order valence-corrected chi connectivity index (χ3v) is 5.62. The van der Waals surface area contributed by atoms with E-state index in [0.29, 0.717) is 17.9 Å². The summed E-state index contributed by atoms with van der Waals surface area (Å²) in [5.74, 6) is 0.0518. The quantitative estimate of drug-likeness (QED) is 0.620. The SMILES string of the molecule is O=S1(=O)CC(O)C(Oc2ccc3c(c2)/C(=N\O)CCC3)C1. The Morgan fingerprint density at radius 2 is 2.05 bits per heavy atom. The molecular weight excluding hydrogens is 294 g/mol. The Kier molecular flexibility index (Phi) is 3.62. The molecule has 1 saturated heterocycles. The molecule has 114 valence electrons. The Bertz CT molecular complexity index is 683. The summed E-state index contributed by atoms with van der Waals surface area (Å²) in [5, 5.41) is 22.1. The molecule has 0 saturated carbocycles. The van der Waals surface area contributed by atoms with Gasteiger partial charge in [-0.3, -0.25) is 0 Å². The summed E-state index contributed by atoms with van der Waals surface area (Å²) in [6, 6.07) is 5.41. The standard InChI is InChI=1S/C14H17NO5S/c16-13-7-21(18,19)8-14(13)20-10-5-4-9-2-1-3-12(15-17)11(9)6-10/h4-6,13-14,16-17H,1-3,7-8H2/b15-12-. The lowest BCUT2D eigenvalue weighted by Gasteiger charge is -2.20. The highest BCUT2D eigenvalue weighted by Crippen LogP contribution is 2.28. The van der Waals surface area contributed by atoms with Crippen LogP contribution in [0.15, 0.2) is 23.4 Å². The van der Waals surface area contributed by atoms with Gasteiger partial charge in [-0.2, -0.15) is 0 Å². The molecule has 2 atom stereocenters. The summed E-state index contributed by atoms with van der Waals surface area (Å²) >= 11 is 0. The van der Waals surface area contributed by atoms with E-state index in [4.69, 9.17) is 9.94 Å². The fraction of sp³-hybridized carbons (Fsp3) is 0.500. The average Bonchev–Trinajstić information content (AvgIpc) is 2.70. The van der Waals surface area contributed by atoms with Crippen molar-refractivity contribution < 1.29 is 23.5 Å². The number of fused-ring (bicyclic) bond motifs is 1. The number of oxime groups is 1. The van der Waals surface area contributed by atoms with E-state index in [1.807, 2.05) is 6.07 Å².